The molecule has 0 saturated heterocycles. The maximum absolute atomic E-state index is 14.0. The fourth-order valence-electron chi connectivity index (χ4n) is 7.51. The zero-order valence-corrected chi connectivity index (χ0v) is 32.0. The molecule has 2 aliphatic rings. The summed E-state index contributed by atoms with van der Waals surface area (Å²) in [6.45, 7) is 3.59. The predicted octanol–water partition coefficient (Wildman–Crippen LogP) is 7.66. The van der Waals surface area contributed by atoms with E-state index in [1.807, 2.05) is 36.4 Å². The highest BCUT2D eigenvalue weighted by atomic mass is 32.2. The van der Waals surface area contributed by atoms with Gasteiger partial charge in [0.1, 0.15) is 5.00 Å². The number of rotatable bonds is 13. The van der Waals surface area contributed by atoms with Crippen molar-refractivity contribution in [2.24, 2.45) is 5.92 Å². The summed E-state index contributed by atoms with van der Waals surface area (Å²) in [7, 11) is -4.03. The lowest BCUT2D eigenvalue weighted by molar-refractivity contribution is -0.143. The summed E-state index contributed by atoms with van der Waals surface area (Å²) in [5.41, 5.74) is 4.42. The molecule has 1 heterocycles. The van der Waals surface area contributed by atoms with Crippen LogP contribution in [0.25, 0.3) is 0 Å². The van der Waals surface area contributed by atoms with Crippen molar-refractivity contribution >= 4 is 55.8 Å². The molecule has 0 unspecified atom stereocenters. The van der Waals surface area contributed by atoms with Gasteiger partial charge in [-0.3, -0.25) is 14.4 Å². The van der Waals surface area contributed by atoms with Gasteiger partial charge in [-0.1, -0.05) is 30.3 Å². The molecule has 11 nitrogen and oxygen atoms in total. The Hall–Kier alpha value is -4.85. The monoisotopic (exact) mass is 771 g/mol. The van der Waals surface area contributed by atoms with Gasteiger partial charge >= 0.3 is 11.9 Å². The number of amides is 2. The van der Waals surface area contributed by atoms with E-state index in [1.54, 1.807) is 32.0 Å². The lowest BCUT2D eigenvalue weighted by Crippen LogP contribution is -2.46. The molecule has 54 heavy (non-hydrogen) atoms. The fourth-order valence-corrected chi connectivity index (χ4v) is 10.7. The van der Waals surface area contributed by atoms with E-state index in [0.29, 0.717) is 48.4 Å². The number of aryl methyl sites for hydroxylation is 3. The van der Waals surface area contributed by atoms with E-state index in [9.17, 15) is 32.7 Å². The number of carboxylic acid groups (broad SMARTS) is 2. The number of aliphatic carboxylic acids is 1. The van der Waals surface area contributed by atoms with Gasteiger partial charge < -0.3 is 20.8 Å². The average Bonchev–Trinajstić information content (AvgIpc) is 3.52. The van der Waals surface area contributed by atoms with Gasteiger partial charge in [-0.25, -0.2) is 13.2 Å². The molecule has 4 aromatic rings. The maximum atomic E-state index is 14.0. The molecule has 0 atom stereocenters. The van der Waals surface area contributed by atoms with Crippen molar-refractivity contribution in [3.05, 3.63) is 111 Å². The Bertz CT molecular complexity index is 2140. The normalized spacial score (nSPS) is 17.2. The highest BCUT2D eigenvalue weighted by Crippen LogP contribution is 2.39. The van der Waals surface area contributed by atoms with E-state index in [4.69, 9.17) is 5.11 Å². The minimum absolute atomic E-state index is 0.0211. The minimum atomic E-state index is -4.03. The van der Waals surface area contributed by atoms with Crippen molar-refractivity contribution in [1.29, 1.82) is 0 Å². The third-order valence-electron chi connectivity index (χ3n) is 10.3. The predicted molar refractivity (Wildman–Crippen MR) is 208 cm³/mol. The van der Waals surface area contributed by atoms with Crippen LogP contribution in [-0.4, -0.2) is 58.8 Å². The van der Waals surface area contributed by atoms with E-state index < -0.39 is 33.8 Å². The van der Waals surface area contributed by atoms with Gasteiger partial charge in [0.15, 0.2) is 0 Å². The first-order valence-corrected chi connectivity index (χ1v) is 20.6. The maximum Gasteiger partial charge on any atom is 0.335 e. The Labute approximate surface area is 319 Å². The molecular weight excluding hydrogens is 727 g/mol. The van der Waals surface area contributed by atoms with Crippen LogP contribution < -0.4 is 10.6 Å². The van der Waals surface area contributed by atoms with Crippen LogP contribution in [0.3, 0.4) is 0 Å². The van der Waals surface area contributed by atoms with E-state index in [-0.39, 0.29) is 34.0 Å². The number of sulfonamides is 1. The first kappa shape index (κ1) is 38.9. The van der Waals surface area contributed by atoms with Gasteiger partial charge in [-0.2, -0.15) is 4.31 Å². The third kappa shape index (κ3) is 8.75. The quantitative estimate of drug-likeness (QED) is 0.107. The molecule has 3 aromatic carbocycles. The molecule has 1 saturated carbocycles. The highest BCUT2D eigenvalue weighted by Gasteiger charge is 2.38. The summed E-state index contributed by atoms with van der Waals surface area (Å²) in [4.78, 5) is 51.3. The highest BCUT2D eigenvalue weighted by molar-refractivity contribution is 7.89. The Morgan fingerprint density at radius 2 is 1.43 bits per heavy atom. The summed E-state index contributed by atoms with van der Waals surface area (Å²) in [6.07, 6.45) is 6.59. The first-order valence-electron chi connectivity index (χ1n) is 18.4. The van der Waals surface area contributed by atoms with Gasteiger partial charge in [-0.15, -0.1) is 11.3 Å². The molecule has 0 aliphatic heterocycles. The molecule has 1 fully saturated rings. The van der Waals surface area contributed by atoms with E-state index in [0.717, 1.165) is 53.7 Å². The van der Waals surface area contributed by atoms with E-state index in [2.05, 4.69) is 10.6 Å². The topological polar surface area (TPSA) is 170 Å². The number of anilines is 2. The number of hydrogen-bond acceptors (Lipinski definition) is 7. The molecule has 2 aliphatic carbocycles. The molecular formula is C41H45N3O8S2. The van der Waals surface area contributed by atoms with Crippen molar-refractivity contribution in [3.8, 4) is 0 Å². The van der Waals surface area contributed by atoms with Crippen LogP contribution in [0.2, 0.25) is 0 Å². The summed E-state index contributed by atoms with van der Waals surface area (Å²) in [6, 6.07) is 19.6. The summed E-state index contributed by atoms with van der Waals surface area (Å²) in [5, 5.41) is 24.9. The SMILES string of the molecule is CC(C)N(C1CCC(C(=O)O)CC1)S(=O)(=O)c1cccc(C(=O)Nc2sc3c(c2C(=O)Nc2ccc(CCc4ccc(C(=O)O)cc4)cc2)CCCC3)c1. The number of fused-ring (bicyclic) bond motifs is 1. The Kier molecular flexibility index (Phi) is 12.0. The number of carbonyl (C=O) groups excluding carboxylic acids is 2. The van der Waals surface area contributed by atoms with Crippen LogP contribution >= 0.6 is 11.3 Å². The summed E-state index contributed by atoms with van der Waals surface area (Å²) in [5.74, 6) is -3.16. The smallest absolute Gasteiger partial charge is 0.335 e. The molecule has 0 radical (unpaired) electrons. The Morgan fingerprint density at radius 1 is 0.796 bits per heavy atom. The van der Waals surface area contributed by atoms with Crippen LogP contribution in [0.1, 0.15) is 105 Å². The van der Waals surface area contributed by atoms with Gasteiger partial charge in [0.2, 0.25) is 10.0 Å². The molecule has 6 rings (SSSR count). The van der Waals surface area contributed by atoms with Gasteiger partial charge in [-0.05, 0) is 137 Å². The zero-order valence-electron chi connectivity index (χ0n) is 30.3. The number of aromatic carboxylic acids is 1. The average molecular weight is 772 g/mol. The van der Waals surface area contributed by atoms with E-state index >= 15 is 0 Å². The number of benzene rings is 3. The largest absolute Gasteiger partial charge is 0.481 e. The lowest BCUT2D eigenvalue weighted by atomic mass is 9.86. The molecule has 13 heteroatoms. The van der Waals surface area contributed by atoms with Crippen LogP contribution in [0.15, 0.2) is 77.7 Å². The van der Waals surface area contributed by atoms with Crippen molar-refractivity contribution in [1.82, 2.24) is 4.31 Å². The van der Waals surface area contributed by atoms with Crippen molar-refractivity contribution in [3.63, 3.8) is 0 Å². The van der Waals surface area contributed by atoms with Crippen LogP contribution in [0.4, 0.5) is 10.7 Å². The summed E-state index contributed by atoms with van der Waals surface area (Å²) < 4.78 is 29.5. The second kappa shape index (κ2) is 16.7. The molecule has 2 amide bonds. The van der Waals surface area contributed by atoms with E-state index in [1.165, 1.54) is 33.8 Å². The number of hydrogen-bond donors (Lipinski definition) is 4. The van der Waals surface area contributed by atoms with Gasteiger partial charge in [0.05, 0.1) is 21.9 Å². The van der Waals surface area contributed by atoms with Gasteiger partial charge in [0, 0.05) is 28.2 Å². The number of nitrogens with zero attached hydrogens (tertiary/aromatic N) is 1. The second-order valence-corrected chi connectivity index (χ2v) is 17.3. The molecule has 284 valence electrons. The molecule has 0 spiro atoms. The van der Waals surface area contributed by atoms with Crippen molar-refractivity contribution in [2.45, 2.75) is 95.0 Å². The van der Waals surface area contributed by atoms with Crippen LogP contribution in [0.5, 0.6) is 0 Å². The van der Waals surface area contributed by atoms with Crippen molar-refractivity contribution < 1.29 is 37.8 Å². The van der Waals surface area contributed by atoms with Gasteiger partial charge in [0.25, 0.3) is 11.8 Å². The van der Waals surface area contributed by atoms with Crippen LogP contribution in [0, 0.1) is 5.92 Å². The summed E-state index contributed by atoms with van der Waals surface area (Å²) >= 11 is 1.38. The second-order valence-electron chi connectivity index (χ2n) is 14.3. The standard InChI is InChI=1S/C41H45N3O8S2/c1-25(2)44(32-22-18-29(19-23-32)41(49)50)54(51,52)33-7-5-6-30(24-33)37(45)43-39-36(34-8-3-4-9-35(34)53-39)38(46)42-31-20-14-27(15-21-31)11-10-26-12-16-28(17-13-26)40(47)48/h5-7,12-17,20-21,24-25,29,32H,3-4,8-11,18-19,22-23H2,1-2H3,(H,42,46)(H,43,45)(H,47,48)(H,49,50). The Balaban J connectivity index is 1.16. The zero-order chi connectivity index (χ0) is 38.6. The third-order valence-corrected chi connectivity index (χ3v) is 13.7. The lowest BCUT2D eigenvalue weighted by Gasteiger charge is -2.37. The number of nitrogens with one attached hydrogen (secondary N) is 2. The fraction of sp³-hybridized carbons (Fsp3) is 0.366. The number of thiophene rings is 1. The molecule has 1 aromatic heterocycles. The van der Waals surface area contributed by atoms with Crippen molar-refractivity contribution in [2.75, 3.05) is 10.6 Å². The van der Waals surface area contributed by atoms with Crippen LogP contribution in [-0.2, 0) is 40.5 Å². The minimum Gasteiger partial charge on any atom is -0.481 e. The molecule has 4 N–H and O–H groups in total. The number of carboxylic acids is 2. The molecule has 0 bridgehead atoms. The number of carbonyl (C=O) groups is 4. The Morgan fingerprint density at radius 3 is 2.04 bits per heavy atom. The first-order chi connectivity index (χ1) is 25.8.